The number of thioether (sulfide) groups is 1. The highest BCUT2D eigenvalue weighted by Gasteiger charge is 2.27. The van der Waals surface area contributed by atoms with Crippen molar-refractivity contribution in [1.82, 2.24) is 30.4 Å². The zero-order chi connectivity index (χ0) is 12.8. The molecule has 1 saturated carbocycles. The van der Waals surface area contributed by atoms with E-state index in [2.05, 4.69) is 39.8 Å². The second kappa shape index (κ2) is 7.06. The van der Waals surface area contributed by atoms with E-state index in [-0.39, 0.29) is 0 Å². The Balaban J connectivity index is 1.54. The van der Waals surface area contributed by atoms with Gasteiger partial charge in [-0.05, 0) is 56.9 Å². The molecule has 1 aromatic heterocycles. The van der Waals surface area contributed by atoms with Crippen LogP contribution >= 0.6 is 11.8 Å². The molecule has 0 unspecified atom stereocenters. The molecule has 1 heterocycles. The van der Waals surface area contributed by atoms with Gasteiger partial charge in [0.05, 0.1) is 6.04 Å². The summed E-state index contributed by atoms with van der Waals surface area (Å²) in [6, 6.07) is 0.565. The van der Waals surface area contributed by atoms with Gasteiger partial charge in [-0.1, -0.05) is 11.8 Å². The molecule has 1 aliphatic rings. The van der Waals surface area contributed by atoms with E-state index in [1.807, 2.05) is 4.68 Å². The summed E-state index contributed by atoms with van der Waals surface area (Å²) in [5.74, 6) is 1.02. The lowest BCUT2D eigenvalue weighted by molar-refractivity contribution is 0.396. The maximum atomic E-state index is 4.06. The van der Waals surface area contributed by atoms with Gasteiger partial charge in [-0.2, -0.15) is 0 Å². The fourth-order valence-electron chi connectivity index (χ4n) is 1.69. The summed E-state index contributed by atoms with van der Waals surface area (Å²) >= 11 is 1.74. The molecule has 7 heteroatoms. The molecule has 0 aliphatic heterocycles. The van der Waals surface area contributed by atoms with Crippen LogP contribution in [0.3, 0.4) is 0 Å². The lowest BCUT2D eigenvalue weighted by Gasteiger charge is -2.09. The Labute approximate surface area is 112 Å². The maximum absolute atomic E-state index is 4.06. The fraction of sp³-hybridized carbons (Fsp3) is 0.909. The monoisotopic (exact) mass is 270 g/mol. The van der Waals surface area contributed by atoms with Crippen LogP contribution in [0.1, 0.15) is 25.3 Å². The van der Waals surface area contributed by atoms with Gasteiger partial charge in [0.2, 0.25) is 5.16 Å². The van der Waals surface area contributed by atoms with E-state index in [9.17, 15) is 0 Å². The summed E-state index contributed by atoms with van der Waals surface area (Å²) in [4.78, 5) is 2.21. The Morgan fingerprint density at radius 2 is 2.22 bits per heavy atom. The smallest absolute Gasteiger partial charge is 0.209 e. The first-order valence-electron chi connectivity index (χ1n) is 6.53. The number of tetrazole rings is 1. The van der Waals surface area contributed by atoms with Crippen LogP contribution in [0, 0.1) is 0 Å². The molecule has 102 valence electrons. The minimum Gasteiger partial charge on any atom is -0.316 e. The van der Waals surface area contributed by atoms with Gasteiger partial charge in [-0.15, -0.1) is 5.10 Å². The fourth-order valence-corrected chi connectivity index (χ4v) is 2.53. The third kappa shape index (κ3) is 4.55. The molecule has 0 amide bonds. The summed E-state index contributed by atoms with van der Waals surface area (Å²) in [6.07, 6.45) is 3.64. The van der Waals surface area contributed by atoms with E-state index in [1.54, 1.807) is 11.8 Å². The Bertz CT molecular complexity index is 349. The average Bonchev–Trinajstić information content (AvgIpc) is 3.08. The molecule has 2 rings (SSSR count). The van der Waals surface area contributed by atoms with Crippen molar-refractivity contribution >= 4 is 11.8 Å². The summed E-state index contributed by atoms with van der Waals surface area (Å²) < 4.78 is 1.97. The average molecular weight is 270 g/mol. The summed E-state index contributed by atoms with van der Waals surface area (Å²) in [6.45, 7) is 3.22. The highest BCUT2D eigenvalue weighted by molar-refractivity contribution is 7.99. The van der Waals surface area contributed by atoms with E-state index in [4.69, 9.17) is 0 Å². The van der Waals surface area contributed by atoms with Crippen LogP contribution in [0.15, 0.2) is 5.16 Å². The Kier molecular flexibility index (Phi) is 5.40. The lowest BCUT2D eigenvalue weighted by atomic mass is 10.4. The van der Waals surface area contributed by atoms with Crippen molar-refractivity contribution in [3.63, 3.8) is 0 Å². The molecule has 1 aliphatic carbocycles. The first-order chi connectivity index (χ1) is 8.77. The van der Waals surface area contributed by atoms with E-state index < -0.39 is 0 Å². The van der Waals surface area contributed by atoms with Gasteiger partial charge in [0.15, 0.2) is 0 Å². The number of nitrogens with zero attached hydrogens (tertiary/aromatic N) is 5. The lowest BCUT2D eigenvalue weighted by Crippen LogP contribution is -2.23. The third-order valence-corrected chi connectivity index (χ3v) is 3.76. The highest BCUT2D eigenvalue weighted by Crippen LogP contribution is 2.36. The number of aromatic nitrogens is 4. The van der Waals surface area contributed by atoms with Crippen molar-refractivity contribution in [2.75, 3.05) is 39.5 Å². The zero-order valence-electron chi connectivity index (χ0n) is 11.2. The molecule has 0 radical (unpaired) electrons. The number of hydrogen-bond acceptors (Lipinski definition) is 6. The van der Waals surface area contributed by atoms with Gasteiger partial charge in [0, 0.05) is 12.3 Å². The van der Waals surface area contributed by atoms with Crippen LogP contribution in [-0.2, 0) is 0 Å². The first-order valence-corrected chi connectivity index (χ1v) is 7.52. The van der Waals surface area contributed by atoms with Crippen molar-refractivity contribution in [3.05, 3.63) is 0 Å². The molecular formula is C11H22N6S. The predicted molar refractivity (Wildman–Crippen MR) is 72.9 cm³/mol. The summed E-state index contributed by atoms with van der Waals surface area (Å²) in [5.41, 5.74) is 0. The second-order valence-electron chi connectivity index (χ2n) is 4.89. The Morgan fingerprint density at radius 1 is 1.39 bits per heavy atom. The van der Waals surface area contributed by atoms with Crippen molar-refractivity contribution in [2.45, 2.75) is 30.5 Å². The van der Waals surface area contributed by atoms with Gasteiger partial charge in [-0.3, -0.25) is 0 Å². The van der Waals surface area contributed by atoms with E-state index in [0.29, 0.717) is 6.04 Å². The van der Waals surface area contributed by atoms with Gasteiger partial charge in [-0.25, -0.2) is 4.68 Å². The van der Waals surface area contributed by atoms with E-state index in [1.165, 1.54) is 19.3 Å². The van der Waals surface area contributed by atoms with Crippen molar-refractivity contribution < 1.29 is 0 Å². The van der Waals surface area contributed by atoms with Gasteiger partial charge >= 0.3 is 0 Å². The quantitative estimate of drug-likeness (QED) is 0.525. The van der Waals surface area contributed by atoms with E-state index in [0.717, 1.165) is 30.5 Å². The molecule has 0 bridgehead atoms. The largest absolute Gasteiger partial charge is 0.316 e. The topological polar surface area (TPSA) is 58.9 Å². The standard InChI is InChI=1S/C11H22N6S/c1-16(2)8-3-6-12-7-9-18-11-13-14-15-17(11)10-4-5-10/h10,12H,3-9H2,1-2H3. The summed E-state index contributed by atoms with van der Waals surface area (Å²) in [7, 11) is 4.21. The number of nitrogens with one attached hydrogen (secondary N) is 1. The molecule has 0 aromatic carbocycles. The van der Waals surface area contributed by atoms with Gasteiger partial charge in [0.1, 0.15) is 0 Å². The number of rotatable bonds is 9. The SMILES string of the molecule is CN(C)CCCNCCSc1nnnn1C1CC1. The molecule has 1 N–H and O–H groups in total. The van der Waals surface area contributed by atoms with Crippen LogP contribution in [-0.4, -0.2) is 64.6 Å². The number of hydrogen-bond donors (Lipinski definition) is 1. The zero-order valence-corrected chi connectivity index (χ0v) is 12.0. The van der Waals surface area contributed by atoms with Crippen LogP contribution in [0.4, 0.5) is 0 Å². The summed E-state index contributed by atoms with van der Waals surface area (Å²) in [5, 5.41) is 16.3. The first kappa shape index (κ1) is 13.8. The molecule has 1 aromatic rings. The van der Waals surface area contributed by atoms with Crippen LogP contribution in [0.25, 0.3) is 0 Å². The molecule has 1 fully saturated rings. The molecular weight excluding hydrogens is 248 g/mol. The maximum Gasteiger partial charge on any atom is 0.209 e. The molecule has 6 nitrogen and oxygen atoms in total. The van der Waals surface area contributed by atoms with Crippen molar-refractivity contribution in [2.24, 2.45) is 0 Å². The minimum atomic E-state index is 0.565. The van der Waals surface area contributed by atoms with Gasteiger partial charge < -0.3 is 10.2 Å². The predicted octanol–water partition coefficient (Wildman–Crippen LogP) is 0.641. The molecule has 0 spiro atoms. The second-order valence-corrected chi connectivity index (χ2v) is 5.95. The van der Waals surface area contributed by atoms with Crippen LogP contribution < -0.4 is 5.32 Å². The molecule has 0 atom stereocenters. The highest BCUT2D eigenvalue weighted by atomic mass is 32.2. The third-order valence-electron chi connectivity index (χ3n) is 2.82. The Morgan fingerprint density at radius 3 is 2.94 bits per heavy atom. The Hall–Kier alpha value is -0.660. The van der Waals surface area contributed by atoms with Crippen LogP contribution in [0.2, 0.25) is 0 Å². The van der Waals surface area contributed by atoms with Crippen LogP contribution in [0.5, 0.6) is 0 Å². The molecule has 0 saturated heterocycles. The normalized spacial score (nSPS) is 15.5. The molecule has 18 heavy (non-hydrogen) atoms. The van der Waals surface area contributed by atoms with Crippen molar-refractivity contribution in [1.29, 1.82) is 0 Å². The van der Waals surface area contributed by atoms with Gasteiger partial charge in [0.25, 0.3) is 0 Å². The van der Waals surface area contributed by atoms with Crippen molar-refractivity contribution in [3.8, 4) is 0 Å². The van der Waals surface area contributed by atoms with E-state index >= 15 is 0 Å². The minimum absolute atomic E-state index is 0.565.